The Kier molecular flexibility index (Phi) is 61.7. The van der Waals surface area contributed by atoms with Gasteiger partial charge in [0.15, 0.2) is 6.10 Å². The Morgan fingerprint density at radius 2 is 0.539 bits per heavy atom. The maximum Gasteiger partial charge on any atom is 0.306 e. The van der Waals surface area contributed by atoms with Gasteiger partial charge in [0.05, 0.1) is 0 Å². The first kappa shape index (κ1) is 72.8. The molecule has 0 aliphatic heterocycles. The summed E-state index contributed by atoms with van der Waals surface area (Å²) in [5.74, 6) is -0.866. The number of rotatable bonds is 60. The first-order chi connectivity index (χ1) is 37.5. The van der Waals surface area contributed by atoms with Crippen LogP contribution in [0.15, 0.2) is 72.9 Å². The Bertz CT molecular complexity index is 1400. The van der Waals surface area contributed by atoms with Crippen molar-refractivity contribution in [1.29, 1.82) is 0 Å². The molecule has 0 aliphatic carbocycles. The van der Waals surface area contributed by atoms with Gasteiger partial charge in [-0.15, -0.1) is 0 Å². The van der Waals surface area contributed by atoms with Crippen LogP contribution in [-0.4, -0.2) is 37.2 Å². The third kappa shape index (κ3) is 61.7. The van der Waals surface area contributed by atoms with Crippen LogP contribution in [-0.2, 0) is 28.6 Å². The first-order valence-corrected chi connectivity index (χ1v) is 32.9. The standard InChI is InChI=1S/C70H124O6/c1-4-7-10-13-16-19-22-24-25-26-27-28-29-30-31-32-33-34-35-36-37-38-39-40-41-42-43-44-45-47-48-51-54-57-60-63-69(72)75-66-67(65-74-68(71)62-59-56-53-50-21-18-15-12-9-6-3)76-70(73)64-61-58-55-52-49-46-23-20-17-14-11-8-5-2/h7,10,12,15-16,19,24-25,27-28,30-31,67H,4-6,8-9,11,13-14,17-18,20-23,26,29,32-66H2,1-3H3/b10-7-,15-12-,19-16-,25-24-,28-27-,31-30-. The van der Waals surface area contributed by atoms with Crippen LogP contribution in [0, 0.1) is 0 Å². The molecule has 0 aliphatic rings. The molecule has 0 heterocycles. The molecule has 0 aromatic heterocycles. The second-order valence-corrected chi connectivity index (χ2v) is 22.0. The van der Waals surface area contributed by atoms with E-state index in [4.69, 9.17) is 14.2 Å². The molecular weight excluding hydrogens is 937 g/mol. The van der Waals surface area contributed by atoms with Crippen LogP contribution < -0.4 is 0 Å². The minimum Gasteiger partial charge on any atom is -0.462 e. The lowest BCUT2D eigenvalue weighted by molar-refractivity contribution is -0.167. The van der Waals surface area contributed by atoms with Crippen LogP contribution in [0.5, 0.6) is 0 Å². The quantitative estimate of drug-likeness (QED) is 0.0261. The second-order valence-electron chi connectivity index (χ2n) is 22.0. The van der Waals surface area contributed by atoms with Gasteiger partial charge in [-0.3, -0.25) is 14.4 Å². The van der Waals surface area contributed by atoms with Gasteiger partial charge in [-0.1, -0.05) is 306 Å². The van der Waals surface area contributed by atoms with E-state index in [2.05, 4.69) is 93.7 Å². The SMILES string of the molecule is CC/C=C\C/C=C\C/C=C\C/C=C\C/C=C\CCCCCCCCCCCCCCCCCCCCCC(=O)OCC(COC(=O)CCCCCCC/C=C\CCC)OC(=O)CCCCCCCCCCCCCCC. The summed E-state index contributed by atoms with van der Waals surface area (Å²) < 4.78 is 16.9. The van der Waals surface area contributed by atoms with Crippen molar-refractivity contribution in [2.24, 2.45) is 0 Å². The molecule has 0 fully saturated rings. The molecule has 1 unspecified atom stereocenters. The van der Waals surface area contributed by atoms with E-state index >= 15 is 0 Å². The predicted octanol–water partition coefficient (Wildman–Crippen LogP) is 22.5. The normalized spacial score (nSPS) is 12.5. The fraction of sp³-hybridized carbons (Fsp3) is 0.786. The molecule has 440 valence electrons. The van der Waals surface area contributed by atoms with E-state index in [9.17, 15) is 14.4 Å². The topological polar surface area (TPSA) is 78.9 Å². The number of carbonyl (C=O) groups is 3. The molecule has 0 N–H and O–H groups in total. The largest absolute Gasteiger partial charge is 0.462 e. The summed E-state index contributed by atoms with van der Waals surface area (Å²) in [6.45, 7) is 6.49. The second kappa shape index (κ2) is 64.4. The molecule has 76 heavy (non-hydrogen) atoms. The number of hydrogen-bond donors (Lipinski definition) is 0. The monoisotopic (exact) mass is 1060 g/mol. The van der Waals surface area contributed by atoms with Gasteiger partial charge in [-0.05, 0) is 83.5 Å². The minimum atomic E-state index is -0.773. The summed E-state index contributed by atoms with van der Waals surface area (Å²) in [6, 6.07) is 0. The van der Waals surface area contributed by atoms with Gasteiger partial charge in [0.1, 0.15) is 13.2 Å². The van der Waals surface area contributed by atoms with Crippen molar-refractivity contribution in [2.75, 3.05) is 13.2 Å². The van der Waals surface area contributed by atoms with Gasteiger partial charge in [-0.2, -0.15) is 0 Å². The van der Waals surface area contributed by atoms with Gasteiger partial charge in [0, 0.05) is 19.3 Å². The zero-order valence-electron chi connectivity index (χ0n) is 50.5. The van der Waals surface area contributed by atoms with Gasteiger partial charge in [-0.25, -0.2) is 0 Å². The molecule has 0 saturated heterocycles. The Balaban J connectivity index is 4.01. The van der Waals surface area contributed by atoms with Gasteiger partial charge in [0.2, 0.25) is 0 Å². The summed E-state index contributed by atoms with van der Waals surface area (Å²) >= 11 is 0. The molecule has 0 amide bonds. The van der Waals surface area contributed by atoms with Crippen LogP contribution in [0.1, 0.15) is 335 Å². The maximum atomic E-state index is 12.8. The third-order valence-electron chi connectivity index (χ3n) is 14.4. The van der Waals surface area contributed by atoms with Gasteiger partial charge >= 0.3 is 17.9 Å². The Hall–Kier alpha value is -3.15. The van der Waals surface area contributed by atoms with E-state index in [0.29, 0.717) is 19.3 Å². The average Bonchev–Trinajstić information content (AvgIpc) is 3.42. The molecule has 6 nitrogen and oxygen atoms in total. The van der Waals surface area contributed by atoms with Crippen LogP contribution in [0.2, 0.25) is 0 Å². The Morgan fingerprint density at radius 3 is 0.868 bits per heavy atom. The minimum absolute atomic E-state index is 0.0720. The fourth-order valence-electron chi connectivity index (χ4n) is 9.53. The highest BCUT2D eigenvalue weighted by atomic mass is 16.6. The molecule has 0 saturated carbocycles. The molecule has 0 aromatic carbocycles. The summed E-state index contributed by atoms with van der Waals surface area (Å²) in [5, 5.41) is 0. The predicted molar refractivity (Wildman–Crippen MR) is 330 cm³/mol. The number of hydrogen-bond acceptors (Lipinski definition) is 6. The van der Waals surface area contributed by atoms with Crippen LogP contribution in [0.25, 0.3) is 0 Å². The zero-order chi connectivity index (χ0) is 55.0. The molecule has 0 aromatic rings. The van der Waals surface area contributed by atoms with Crippen molar-refractivity contribution < 1.29 is 28.6 Å². The van der Waals surface area contributed by atoms with Crippen molar-refractivity contribution in [2.45, 2.75) is 341 Å². The van der Waals surface area contributed by atoms with E-state index < -0.39 is 6.10 Å². The molecule has 1 atom stereocenters. The summed E-state index contributed by atoms with van der Waals surface area (Å²) in [7, 11) is 0. The van der Waals surface area contributed by atoms with Crippen LogP contribution in [0.4, 0.5) is 0 Å². The molecule has 0 spiro atoms. The number of ether oxygens (including phenoxy) is 3. The zero-order valence-corrected chi connectivity index (χ0v) is 50.5. The Morgan fingerprint density at radius 1 is 0.276 bits per heavy atom. The molecule has 0 rings (SSSR count). The third-order valence-corrected chi connectivity index (χ3v) is 14.4. The lowest BCUT2D eigenvalue weighted by Crippen LogP contribution is -2.30. The lowest BCUT2D eigenvalue weighted by Gasteiger charge is -2.18. The Labute approximate surface area is 472 Å². The molecule has 0 bridgehead atoms. The highest BCUT2D eigenvalue weighted by Gasteiger charge is 2.19. The number of allylic oxidation sites excluding steroid dienone is 12. The number of unbranched alkanes of at least 4 members (excludes halogenated alkanes) is 37. The highest BCUT2D eigenvalue weighted by Crippen LogP contribution is 2.17. The number of carbonyl (C=O) groups excluding carboxylic acids is 3. The summed E-state index contributed by atoms with van der Waals surface area (Å²) in [6.07, 6.45) is 83.7. The van der Waals surface area contributed by atoms with E-state index in [1.54, 1.807) is 0 Å². The summed E-state index contributed by atoms with van der Waals surface area (Å²) in [5.41, 5.74) is 0. The van der Waals surface area contributed by atoms with Gasteiger partial charge < -0.3 is 14.2 Å². The first-order valence-electron chi connectivity index (χ1n) is 32.9. The van der Waals surface area contributed by atoms with E-state index in [1.165, 1.54) is 193 Å². The van der Waals surface area contributed by atoms with Crippen LogP contribution in [0.3, 0.4) is 0 Å². The maximum absolute atomic E-state index is 12.8. The van der Waals surface area contributed by atoms with Crippen molar-refractivity contribution >= 4 is 17.9 Å². The van der Waals surface area contributed by atoms with Crippen LogP contribution >= 0.6 is 0 Å². The van der Waals surface area contributed by atoms with E-state index in [-0.39, 0.29) is 31.1 Å². The fourth-order valence-corrected chi connectivity index (χ4v) is 9.53. The molecule has 6 heteroatoms. The average molecular weight is 1060 g/mol. The van der Waals surface area contributed by atoms with E-state index in [0.717, 1.165) is 103 Å². The smallest absolute Gasteiger partial charge is 0.306 e. The van der Waals surface area contributed by atoms with Crippen molar-refractivity contribution in [1.82, 2.24) is 0 Å². The van der Waals surface area contributed by atoms with Crippen molar-refractivity contribution in [3.8, 4) is 0 Å². The lowest BCUT2D eigenvalue weighted by atomic mass is 10.0. The summed E-state index contributed by atoms with van der Waals surface area (Å²) in [4.78, 5) is 38.1. The van der Waals surface area contributed by atoms with E-state index in [1.807, 2.05) is 0 Å². The van der Waals surface area contributed by atoms with Crippen molar-refractivity contribution in [3.05, 3.63) is 72.9 Å². The van der Waals surface area contributed by atoms with Crippen molar-refractivity contribution in [3.63, 3.8) is 0 Å². The van der Waals surface area contributed by atoms with Gasteiger partial charge in [0.25, 0.3) is 0 Å². The highest BCUT2D eigenvalue weighted by molar-refractivity contribution is 5.71. The number of esters is 3. The molecular formula is C70H124O6. The molecule has 0 radical (unpaired) electrons.